The van der Waals surface area contributed by atoms with E-state index in [1.807, 2.05) is 6.07 Å². The van der Waals surface area contributed by atoms with Crippen molar-refractivity contribution < 1.29 is 9.13 Å². The molecule has 0 aliphatic heterocycles. The molecule has 0 aromatic heterocycles. The average molecular weight is 408 g/mol. The van der Waals surface area contributed by atoms with Gasteiger partial charge in [-0.2, -0.15) is 0 Å². The molecule has 2 aromatic rings. The molecule has 0 radical (unpaired) electrons. The first-order valence-corrected chi connectivity index (χ1v) is 6.61. The molecule has 0 heterocycles. The summed E-state index contributed by atoms with van der Waals surface area (Å²) in [6.45, 7) is 0. The number of rotatable bonds is 2. The van der Waals surface area contributed by atoms with Crippen molar-refractivity contribution in [1.29, 1.82) is 0 Å². The van der Waals surface area contributed by atoms with E-state index in [1.54, 1.807) is 24.3 Å². The lowest BCUT2D eigenvalue weighted by molar-refractivity contribution is 0.444. The molecule has 0 amide bonds. The van der Waals surface area contributed by atoms with E-state index in [1.165, 1.54) is 6.07 Å². The van der Waals surface area contributed by atoms with Gasteiger partial charge in [-0.1, -0.05) is 15.9 Å². The molecule has 0 saturated carbocycles. The van der Waals surface area contributed by atoms with E-state index in [4.69, 9.17) is 10.5 Å². The topological polar surface area (TPSA) is 35.2 Å². The third-order valence-electron chi connectivity index (χ3n) is 2.09. The fraction of sp³-hybridized carbons (Fsp3) is 0. The number of hydrogen-bond donors (Lipinski definition) is 1. The molecule has 2 N–H and O–H groups in total. The molecule has 0 bridgehead atoms. The van der Waals surface area contributed by atoms with Crippen LogP contribution in [0.1, 0.15) is 0 Å². The van der Waals surface area contributed by atoms with Crippen LogP contribution in [0.2, 0.25) is 0 Å². The first-order valence-electron chi connectivity index (χ1n) is 4.74. The summed E-state index contributed by atoms with van der Waals surface area (Å²) in [5, 5.41) is 0. The zero-order valence-electron chi connectivity index (χ0n) is 8.58. The van der Waals surface area contributed by atoms with Crippen molar-refractivity contribution in [2.24, 2.45) is 0 Å². The molecule has 0 aliphatic carbocycles. The van der Waals surface area contributed by atoms with Crippen LogP contribution in [0.3, 0.4) is 0 Å². The van der Waals surface area contributed by atoms with Crippen LogP contribution in [0.4, 0.5) is 10.1 Å². The number of nitrogens with two attached hydrogens (primary N) is 1. The van der Waals surface area contributed by atoms with Gasteiger partial charge in [0.25, 0.3) is 0 Å². The number of hydrogen-bond acceptors (Lipinski definition) is 2. The van der Waals surface area contributed by atoms with Crippen molar-refractivity contribution in [2.75, 3.05) is 5.73 Å². The Morgan fingerprint density at radius 3 is 2.47 bits per heavy atom. The van der Waals surface area contributed by atoms with Gasteiger partial charge < -0.3 is 10.5 Å². The molecular formula is C12H8BrFINO. The summed E-state index contributed by atoms with van der Waals surface area (Å²) >= 11 is 5.33. The molecule has 17 heavy (non-hydrogen) atoms. The molecule has 2 nitrogen and oxygen atoms in total. The Balaban J connectivity index is 2.31. The van der Waals surface area contributed by atoms with E-state index >= 15 is 0 Å². The Bertz CT molecular complexity index is 513. The Hall–Kier alpha value is -0.820. The first-order chi connectivity index (χ1) is 8.06. The van der Waals surface area contributed by atoms with Gasteiger partial charge in [0.15, 0.2) is 17.3 Å². The number of benzene rings is 2. The van der Waals surface area contributed by atoms with E-state index in [-0.39, 0.29) is 5.75 Å². The fourth-order valence-electron chi connectivity index (χ4n) is 1.29. The van der Waals surface area contributed by atoms with Gasteiger partial charge in [-0.3, -0.25) is 0 Å². The second kappa shape index (κ2) is 5.22. The van der Waals surface area contributed by atoms with Gasteiger partial charge in [0, 0.05) is 8.04 Å². The van der Waals surface area contributed by atoms with E-state index in [9.17, 15) is 4.39 Å². The van der Waals surface area contributed by atoms with Gasteiger partial charge in [0.1, 0.15) is 0 Å². The molecule has 5 heteroatoms. The predicted molar refractivity (Wildman–Crippen MR) is 77.7 cm³/mol. The van der Waals surface area contributed by atoms with Crippen LogP contribution >= 0.6 is 38.5 Å². The Kier molecular flexibility index (Phi) is 3.88. The van der Waals surface area contributed by atoms with E-state index in [0.717, 1.165) is 3.57 Å². The zero-order valence-corrected chi connectivity index (χ0v) is 12.3. The summed E-state index contributed by atoms with van der Waals surface area (Å²) in [5.74, 6) is 0.171. The molecule has 0 aliphatic rings. The minimum atomic E-state index is -0.433. The van der Waals surface area contributed by atoms with Crippen molar-refractivity contribution in [2.45, 2.75) is 0 Å². The van der Waals surface area contributed by atoms with Crippen LogP contribution in [0.25, 0.3) is 0 Å². The second-order valence-electron chi connectivity index (χ2n) is 3.36. The summed E-state index contributed by atoms with van der Waals surface area (Å²) in [4.78, 5) is 0. The molecule has 0 atom stereocenters. The molecule has 88 valence electrons. The van der Waals surface area contributed by atoms with Crippen LogP contribution < -0.4 is 10.5 Å². The average Bonchev–Trinajstić information content (AvgIpc) is 2.25. The lowest BCUT2D eigenvalue weighted by Gasteiger charge is -2.09. The maximum absolute atomic E-state index is 13.5. The van der Waals surface area contributed by atoms with Crippen molar-refractivity contribution in [3.05, 3.63) is 50.3 Å². The molecule has 0 saturated heterocycles. The maximum atomic E-state index is 13.5. The molecular weight excluding hydrogens is 400 g/mol. The lowest BCUT2D eigenvalue weighted by atomic mass is 10.3. The van der Waals surface area contributed by atoms with Crippen LogP contribution in [0.15, 0.2) is 40.9 Å². The molecule has 0 unspecified atom stereocenters. The van der Waals surface area contributed by atoms with Crippen LogP contribution in [-0.2, 0) is 0 Å². The highest BCUT2D eigenvalue weighted by atomic mass is 127. The predicted octanol–water partition coefficient (Wildman–Crippen LogP) is 4.57. The van der Waals surface area contributed by atoms with Crippen LogP contribution in [-0.4, -0.2) is 0 Å². The summed E-state index contributed by atoms with van der Waals surface area (Å²) in [6.07, 6.45) is 0. The van der Waals surface area contributed by atoms with Crippen molar-refractivity contribution >= 4 is 44.2 Å². The highest BCUT2D eigenvalue weighted by Gasteiger charge is 2.07. The van der Waals surface area contributed by atoms with Crippen molar-refractivity contribution in [3.8, 4) is 11.5 Å². The van der Waals surface area contributed by atoms with Crippen LogP contribution in [0.5, 0.6) is 11.5 Å². The second-order valence-corrected chi connectivity index (χ2v) is 5.52. The number of nitrogen functional groups attached to an aromatic ring is 1. The summed E-state index contributed by atoms with van der Waals surface area (Å²) in [6, 6.07) is 9.95. The molecule has 2 aromatic carbocycles. The van der Waals surface area contributed by atoms with E-state index in [2.05, 4.69) is 38.5 Å². The third-order valence-corrected chi connectivity index (χ3v) is 3.25. The summed E-state index contributed by atoms with van der Waals surface area (Å²) in [7, 11) is 0. The third kappa shape index (κ3) is 3.10. The van der Waals surface area contributed by atoms with Gasteiger partial charge >= 0.3 is 0 Å². The van der Waals surface area contributed by atoms with Gasteiger partial charge in [0.05, 0.1) is 5.69 Å². The minimum Gasteiger partial charge on any atom is -0.452 e. The van der Waals surface area contributed by atoms with Gasteiger partial charge in [0.2, 0.25) is 0 Å². The van der Waals surface area contributed by atoms with Crippen LogP contribution in [0, 0.1) is 9.39 Å². The maximum Gasteiger partial charge on any atom is 0.166 e. The normalized spacial score (nSPS) is 10.3. The van der Waals surface area contributed by atoms with E-state index in [0.29, 0.717) is 15.9 Å². The largest absolute Gasteiger partial charge is 0.452 e. The quantitative estimate of drug-likeness (QED) is 0.584. The number of ether oxygens (including phenoxy) is 1. The highest BCUT2D eigenvalue weighted by Crippen LogP contribution is 2.31. The Labute approximate surface area is 120 Å². The minimum absolute atomic E-state index is 0.154. The first kappa shape index (κ1) is 12.6. The molecule has 0 fully saturated rings. The number of anilines is 1. The van der Waals surface area contributed by atoms with Crippen molar-refractivity contribution in [3.63, 3.8) is 0 Å². The Morgan fingerprint density at radius 1 is 1.12 bits per heavy atom. The van der Waals surface area contributed by atoms with E-state index < -0.39 is 5.82 Å². The summed E-state index contributed by atoms with van der Waals surface area (Å²) < 4.78 is 20.6. The van der Waals surface area contributed by atoms with Crippen molar-refractivity contribution in [1.82, 2.24) is 0 Å². The zero-order chi connectivity index (χ0) is 12.4. The van der Waals surface area contributed by atoms with Gasteiger partial charge in [-0.15, -0.1) is 0 Å². The lowest BCUT2D eigenvalue weighted by Crippen LogP contribution is -1.94. The monoisotopic (exact) mass is 407 g/mol. The fourth-order valence-corrected chi connectivity index (χ4v) is 2.14. The summed E-state index contributed by atoms with van der Waals surface area (Å²) in [5.41, 5.74) is 6.27. The standard InChI is InChI=1S/C12H8BrFINO/c13-7-1-3-11(9(14)5-7)17-12-4-2-8(15)6-10(12)16/h1-6H,16H2. The smallest absolute Gasteiger partial charge is 0.166 e. The number of halogens is 3. The van der Waals surface area contributed by atoms with Gasteiger partial charge in [-0.25, -0.2) is 4.39 Å². The SMILES string of the molecule is Nc1cc(I)ccc1Oc1ccc(Br)cc1F. The Morgan fingerprint density at radius 2 is 1.82 bits per heavy atom. The van der Waals surface area contributed by atoms with Gasteiger partial charge in [-0.05, 0) is 59.0 Å². The molecule has 2 rings (SSSR count). The highest BCUT2D eigenvalue weighted by molar-refractivity contribution is 14.1. The molecule has 0 spiro atoms.